The van der Waals surface area contributed by atoms with Gasteiger partial charge in [-0.05, 0) is 0 Å². The molecule has 0 unspecified atom stereocenters. The van der Waals surface area contributed by atoms with Crippen molar-refractivity contribution >= 4 is 0 Å². The van der Waals surface area contributed by atoms with Crippen LogP contribution in [0.3, 0.4) is 0 Å². The second-order valence-corrected chi connectivity index (χ2v) is 1.15. The van der Waals surface area contributed by atoms with Crippen molar-refractivity contribution in [3.05, 3.63) is 12.8 Å². The molecule has 0 radical (unpaired) electrons. The third kappa shape index (κ3) is 182. The Morgan fingerprint density at radius 3 is 0.750 bits per heavy atom. The molecule has 0 bridgehead atoms. The van der Waals surface area contributed by atoms with E-state index >= 15 is 0 Å². The summed E-state index contributed by atoms with van der Waals surface area (Å²) in [4.78, 5) is 0. The molecule has 42 valence electrons. The zero-order valence-corrected chi connectivity index (χ0v) is 12.5. The predicted octanol–water partition coefficient (Wildman–Crippen LogP) is 2.46. The number of hydrogen-bond donors (Lipinski definition) is 0. The van der Waals surface area contributed by atoms with Gasteiger partial charge in [0, 0.05) is 19.5 Å². The fraction of sp³-hybridized carbons (Fsp3) is 0.667. The van der Waals surface area contributed by atoms with Crippen molar-refractivity contribution in [1.82, 2.24) is 0 Å². The Labute approximate surface area is 79.3 Å². The third-order valence-corrected chi connectivity index (χ3v) is 0. The molecule has 0 rings (SSSR count). The van der Waals surface area contributed by atoms with E-state index < -0.39 is 0 Å². The van der Waals surface area contributed by atoms with Crippen LogP contribution in [0.5, 0.6) is 0 Å². The maximum Gasteiger partial charge on any atom is 2.00 e. The maximum atomic E-state index is 2.00. The van der Waals surface area contributed by atoms with Gasteiger partial charge in [0.25, 0.3) is 0 Å². The molecule has 0 spiro atoms. The van der Waals surface area contributed by atoms with Gasteiger partial charge in [-0.25, -0.2) is 0 Å². The van der Waals surface area contributed by atoms with Crippen molar-refractivity contribution in [1.29, 1.82) is 0 Å². The third-order valence-electron chi connectivity index (χ3n) is 0. The van der Waals surface area contributed by atoms with Gasteiger partial charge in [-0.1, -0.05) is 0 Å². The molecule has 0 N–H and O–H groups in total. The van der Waals surface area contributed by atoms with Gasteiger partial charge in [0.1, 0.15) is 0 Å². The monoisotopic (exact) mass is 214 g/mol. The van der Waals surface area contributed by atoms with Crippen LogP contribution < -0.4 is 0 Å². The quantitative estimate of drug-likeness (QED) is 0.431. The van der Waals surface area contributed by atoms with Crippen LogP contribution >= 0.6 is 0 Å². The minimum absolute atomic E-state index is 0. The molecular formula is C6H14Zn2. The first-order valence-corrected chi connectivity index (χ1v) is 2.31. The summed E-state index contributed by atoms with van der Waals surface area (Å²) < 4.78 is 0. The van der Waals surface area contributed by atoms with Crippen molar-refractivity contribution in [2.75, 3.05) is 0 Å². The number of hydrogen-bond acceptors (Lipinski definition) is 0. The summed E-state index contributed by atoms with van der Waals surface area (Å²) >= 11 is 0. The predicted molar refractivity (Wildman–Crippen MR) is 31.3 cm³/mol. The molecule has 0 saturated carbocycles. The molecule has 0 aliphatic rings. The maximum absolute atomic E-state index is 2.00. The molecule has 0 aliphatic carbocycles. The molecule has 2 heteroatoms. The van der Waals surface area contributed by atoms with E-state index in [4.69, 9.17) is 0 Å². The summed E-state index contributed by atoms with van der Waals surface area (Å²) in [5.41, 5.74) is 0. The molecule has 0 amide bonds. The largest absolute Gasteiger partial charge is 2.00 e. The summed E-state index contributed by atoms with van der Waals surface area (Å²) in [6, 6.07) is 0. The van der Waals surface area contributed by atoms with Gasteiger partial charge in [0.2, 0.25) is 0 Å². The van der Waals surface area contributed by atoms with Crippen molar-refractivity contribution in [2.24, 2.45) is 0 Å². The minimum Gasteiger partial charge on any atom is -0.335 e. The average molecular weight is 217 g/mol. The van der Waals surface area contributed by atoms with Gasteiger partial charge in [0.15, 0.2) is 0 Å². The molecule has 0 heterocycles. The second-order valence-electron chi connectivity index (χ2n) is 1.15. The smallest absolute Gasteiger partial charge is 0.335 e. The Hall–Kier alpha value is 1.25. The fourth-order valence-electron chi connectivity index (χ4n) is 0. The molecule has 0 aromatic heterocycles. The molecule has 0 aromatic rings. The zero-order chi connectivity index (χ0) is 5.41. The summed E-state index contributed by atoms with van der Waals surface area (Å²) in [5, 5.41) is 0. The normalized spacial score (nSPS) is 4.50. The topological polar surface area (TPSA) is 0 Å². The average Bonchev–Trinajstić information content (AvgIpc) is 1.39. The molecule has 0 nitrogen and oxygen atoms in total. The molecule has 0 fully saturated rings. The molecule has 8 heavy (non-hydrogen) atoms. The molecule has 0 aromatic carbocycles. The zero-order valence-electron chi connectivity index (χ0n) is 6.57. The molecule has 0 atom stereocenters. The van der Waals surface area contributed by atoms with Crippen LogP contribution in [0, 0.1) is 12.8 Å². The van der Waals surface area contributed by atoms with E-state index in [1.54, 1.807) is 0 Å². The summed E-state index contributed by atoms with van der Waals surface area (Å²) in [6.45, 7) is 8.00. The van der Waals surface area contributed by atoms with Crippen LogP contribution in [0.25, 0.3) is 0 Å². The summed E-state index contributed by atoms with van der Waals surface area (Å²) in [6.07, 6.45) is 4.00. The van der Waals surface area contributed by atoms with E-state index in [9.17, 15) is 0 Å². The van der Waals surface area contributed by atoms with Crippen LogP contribution in [-0.4, -0.2) is 0 Å². The van der Waals surface area contributed by atoms with E-state index in [0.717, 1.165) is 0 Å². The Kier molecular flexibility index (Phi) is 117. The first-order chi connectivity index (χ1) is 2.83. The van der Waals surface area contributed by atoms with Gasteiger partial charge in [-0.3, -0.25) is 0 Å². The molecule has 0 saturated heterocycles. The Bertz CT molecular complexity index is 8.49. The van der Waals surface area contributed by atoms with Gasteiger partial charge >= 0.3 is 19.5 Å². The van der Waals surface area contributed by atoms with Gasteiger partial charge < -0.3 is 12.8 Å². The van der Waals surface area contributed by atoms with E-state index in [1.165, 1.54) is 0 Å². The molecule has 0 aliphatic heterocycles. The Morgan fingerprint density at radius 1 is 0.750 bits per heavy atom. The Balaban J connectivity index is -0.0000000160. The SMILES string of the molecule is C[CH-]C.C[CH-]C.[Zn+2].[Zn]. The standard InChI is InChI=1S/2C3H7.2Zn/c2*1-3-2;;/h2*3H,1-2H3;;/q2*-1;;+2. The van der Waals surface area contributed by atoms with E-state index in [1.807, 2.05) is 40.5 Å². The van der Waals surface area contributed by atoms with Crippen LogP contribution in [0.15, 0.2) is 0 Å². The van der Waals surface area contributed by atoms with Crippen molar-refractivity contribution in [3.63, 3.8) is 0 Å². The van der Waals surface area contributed by atoms with E-state index in [0.29, 0.717) is 0 Å². The summed E-state index contributed by atoms with van der Waals surface area (Å²) in [5.74, 6) is 0. The van der Waals surface area contributed by atoms with Crippen LogP contribution in [0.4, 0.5) is 0 Å². The van der Waals surface area contributed by atoms with Gasteiger partial charge in [-0.2, -0.15) is 27.7 Å². The van der Waals surface area contributed by atoms with Crippen molar-refractivity contribution in [2.45, 2.75) is 27.7 Å². The Morgan fingerprint density at radius 2 is 0.750 bits per heavy atom. The van der Waals surface area contributed by atoms with E-state index in [2.05, 4.69) is 0 Å². The van der Waals surface area contributed by atoms with E-state index in [-0.39, 0.29) is 39.0 Å². The van der Waals surface area contributed by atoms with Crippen molar-refractivity contribution < 1.29 is 39.0 Å². The van der Waals surface area contributed by atoms with Crippen molar-refractivity contribution in [3.8, 4) is 0 Å². The molecular weight excluding hydrogens is 203 g/mol. The van der Waals surface area contributed by atoms with Crippen LogP contribution in [0.2, 0.25) is 0 Å². The first-order valence-electron chi connectivity index (χ1n) is 2.31. The number of rotatable bonds is 0. The van der Waals surface area contributed by atoms with Gasteiger partial charge in [0.05, 0.1) is 0 Å². The van der Waals surface area contributed by atoms with Crippen LogP contribution in [0.1, 0.15) is 27.7 Å². The first kappa shape index (κ1) is 22.8. The summed E-state index contributed by atoms with van der Waals surface area (Å²) in [7, 11) is 0. The fourth-order valence-corrected chi connectivity index (χ4v) is 0. The second kappa shape index (κ2) is 41.1. The minimum atomic E-state index is 0. The van der Waals surface area contributed by atoms with Crippen LogP contribution in [-0.2, 0) is 39.0 Å². The van der Waals surface area contributed by atoms with Gasteiger partial charge in [-0.15, -0.1) is 0 Å².